The molecule has 0 aromatic rings. The molecule has 0 saturated carbocycles. The van der Waals surface area contributed by atoms with Crippen molar-refractivity contribution in [2.45, 2.75) is 0 Å². The van der Waals surface area contributed by atoms with Crippen LogP contribution in [0.4, 0.5) is 0 Å². The molecule has 0 aliphatic heterocycles. The maximum Gasteiger partial charge on any atom is 0.187 e. The summed E-state index contributed by atoms with van der Waals surface area (Å²) in [6, 6.07) is 0. The van der Waals surface area contributed by atoms with E-state index < -0.39 is 0 Å². The molecule has 1 unspecified atom stereocenters. The average molecular weight is 124 g/mol. The van der Waals surface area contributed by atoms with Crippen LogP contribution in [0.1, 0.15) is 0 Å². The first-order valence-electron chi connectivity index (χ1n) is 1.12. The van der Waals surface area contributed by atoms with Gasteiger partial charge in [0.1, 0.15) is 0 Å². The molecule has 1 atom stereocenters. The van der Waals surface area contributed by atoms with Gasteiger partial charge in [0.15, 0.2) is 17.4 Å². The highest BCUT2D eigenvalue weighted by molar-refractivity contribution is 7.65. The predicted molar refractivity (Wildman–Crippen MR) is 38.1 cm³/mol. The smallest absolute Gasteiger partial charge is 0.159 e. The van der Waals surface area contributed by atoms with Crippen molar-refractivity contribution in [2.24, 2.45) is 0 Å². The molecule has 0 N–H and O–H groups in total. The summed E-state index contributed by atoms with van der Waals surface area (Å²) in [5.74, 6) is 0. The molecule has 0 bridgehead atoms. The van der Waals surface area contributed by atoms with Gasteiger partial charge in [0.05, 0.1) is 0 Å². The Bertz CT molecular complexity index is 6.00. The van der Waals surface area contributed by atoms with Crippen LogP contribution in [-0.2, 0) is 0 Å². The van der Waals surface area contributed by atoms with Gasteiger partial charge in [-0.25, -0.2) is 0 Å². The summed E-state index contributed by atoms with van der Waals surface area (Å²) in [7, 11) is 4.72. The fourth-order valence-electron chi connectivity index (χ4n) is 0. The standard InChI is InChI=1S/Al.H7PSi2.3H/c;1-3-2;;;/h;1,3H2,2H3;;;. The van der Waals surface area contributed by atoms with E-state index in [1.165, 1.54) is 9.76 Å². The molecule has 0 amide bonds. The Hall–Kier alpha value is 1.40. The van der Waals surface area contributed by atoms with Crippen molar-refractivity contribution >= 4 is 44.6 Å². The third-order valence-corrected chi connectivity index (χ3v) is 0. The Morgan fingerprint density at radius 1 is 1.75 bits per heavy atom. The number of hydrogen-bond acceptors (Lipinski definition) is 0. The van der Waals surface area contributed by atoms with Crippen LogP contribution in [0.3, 0.4) is 0 Å². The second-order valence-electron chi connectivity index (χ2n) is 0.408. The van der Waals surface area contributed by atoms with Crippen LogP contribution in [-0.4, -0.2) is 35.8 Å². The molecular formula is H10AlPSi2. The fourth-order valence-corrected chi connectivity index (χ4v) is 0. The average Bonchev–Trinajstić information content (AvgIpc) is 0.918. The van der Waals surface area contributed by atoms with Gasteiger partial charge in [0.25, 0.3) is 0 Å². The van der Waals surface area contributed by atoms with Crippen LogP contribution in [0.25, 0.3) is 0 Å². The SMILES string of the molecule is [AlH3].[SiH3][SiH2]P. The molecule has 4 heteroatoms. The predicted octanol–water partition coefficient (Wildman–Crippen LogP) is -2.96. The summed E-state index contributed by atoms with van der Waals surface area (Å²) in [6.45, 7) is 0. The van der Waals surface area contributed by atoms with Gasteiger partial charge in [0, 0.05) is 8.70 Å². The summed E-state index contributed by atoms with van der Waals surface area (Å²) < 4.78 is 0. The van der Waals surface area contributed by atoms with E-state index >= 15 is 0 Å². The summed E-state index contributed by atoms with van der Waals surface area (Å²) in [5, 5.41) is 0. The van der Waals surface area contributed by atoms with Gasteiger partial charge in [-0.1, -0.05) is 0 Å². The van der Waals surface area contributed by atoms with E-state index in [-0.39, 0.29) is 17.4 Å². The molecule has 0 saturated heterocycles. The molecule has 0 nitrogen and oxygen atoms in total. The van der Waals surface area contributed by atoms with Crippen LogP contribution in [0.2, 0.25) is 0 Å². The van der Waals surface area contributed by atoms with E-state index in [1.54, 1.807) is 0 Å². The minimum atomic E-state index is 0. The molecule has 4 heavy (non-hydrogen) atoms. The number of rotatable bonds is 0. The topological polar surface area (TPSA) is 0 Å². The van der Waals surface area contributed by atoms with Gasteiger partial charge in [-0.3, -0.25) is 0 Å². The van der Waals surface area contributed by atoms with E-state index in [1.807, 2.05) is 0 Å². The van der Waals surface area contributed by atoms with Gasteiger partial charge < -0.3 is 0 Å². The van der Waals surface area contributed by atoms with Crippen LogP contribution in [0.15, 0.2) is 0 Å². The lowest BCUT2D eigenvalue weighted by Crippen LogP contribution is -1.60. The molecule has 0 rings (SSSR count). The van der Waals surface area contributed by atoms with E-state index in [4.69, 9.17) is 0 Å². The Morgan fingerprint density at radius 2 is 1.75 bits per heavy atom. The largest absolute Gasteiger partial charge is 0.187 e. The Labute approximate surface area is 45.0 Å². The van der Waals surface area contributed by atoms with E-state index in [2.05, 4.69) is 8.79 Å². The number of hydrogen-bond donors (Lipinski definition) is 0. The van der Waals surface area contributed by atoms with Crippen molar-refractivity contribution in [1.29, 1.82) is 0 Å². The van der Waals surface area contributed by atoms with Gasteiger partial charge >= 0.3 is 0 Å². The zero-order chi connectivity index (χ0) is 2.71. The third-order valence-electron chi connectivity index (χ3n) is 0. The Morgan fingerprint density at radius 3 is 1.75 bits per heavy atom. The van der Waals surface area contributed by atoms with E-state index in [9.17, 15) is 0 Å². The van der Waals surface area contributed by atoms with Crippen molar-refractivity contribution in [3.05, 3.63) is 0 Å². The molecule has 0 aromatic heterocycles. The monoisotopic (exact) mass is 124 g/mol. The second kappa shape index (κ2) is 8.83. The Kier molecular flexibility index (Phi) is 20.0. The first-order chi connectivity index (χ1) is 1.41. The Balaban J connectivity index is 0. The van der Waals surface area contributed by atoms with Crippen LogP contribution < -0.4 is 0 Å². The summed E-state index contributed by atoms with van der Waals surface area (Å²) in [4.78, 5) is 0. The van der Waals surface area contributed by atoms with Gasteiger partial charge in [-0.15, -0.1) is 0 Å². The molecule has 26 valence electrons. The molecule has 0 aromatic carbocycles. The molecule has 0 aliphatic rings. The molecular weight excluding hydrogens is 114 g/mol. The second-order valence-corrected chi connectivity index (χ2v) is 11.0. The fraction of sp³-hybridized carbons (Fsp3) is 0. The normalized spacial score (nSPS) is 8.25. The first-order valence-corrected chi connectivity index (χ1v) is 10.0. The summed E-state index contributed by atoms with van der Waals surface area (Å²) in [6.07, 6.45) is 0. The van der Waals surface area contributed by atoms with Gasteiger partial charge in [0.2, 0.25) is 0 Å². The maximum atomic E-state index is 2.78. The van der Waals surface area contributed by atoms with E-state index in [0.717, 1.165) is 0 Å². The molecule has 0 aliphatic carbocycles. The van der Waals surface area contributed by atoms with Gasteiger partial charge in [-0.2, -0.15) is 8.79 Å². The van der Waals surface area contributed by atoms with Gasteiger partial charge in [-0.05, 0) is 9.76 Å². The van der Waals surface area contributed by atoms with Crippen molar-refractivity contribution < 1.29 is 0 Å². The minimum Gasteiger partial charge on any atom is -0.159 e. The lowest BCUT2D eigenvalue weighted by Gasteiger charge is -1.44. The zero-order valence-electron chi connectivity index (χ0n) is 2.28. The van der Waals surface area contributed by atoms with Crippen molar-refractivity contribution in [3.8, 4) is 0 Å². The lowest BCUT2D eigenvalue weighted by molar-refractivity contribution is 4.52. The minimum absolute atomic E-state index is 0. The summed E-state index contributed by atoms with van der Waals surface area (Å²) >= 11 is 0. The maximum absolute atomic E-state index is 2.78. The molecule has 0 radical (unpaired) electrons. The van der Waals surface area contributed by atoms with Crippen LogP contribution in [0, 0.1) is 0 Å². The van der Waals surface area contributed by atoms with Crippen LogP contribution >= 0.6 is 8.79 Å². The highest BCUT2D eigenvalue weighted by atomic mass is 31.3. The molecule has 0 spiro atoms. The quantitative estimate of drug-likeness (QED) is 0.239. The third kappa shape index (κ3) is 10.0. The molecule has 0 fully saturated rings. The molecule has 0 heterocycles. The summed E-state index contributed by atoms with van der Waals surface area (Å²) in [5.41, 5.74) is 0. The highest BCUT2D eigenvalue weighted by Crippen LogP contribution is 1.56. The van der Waals surface area contributed by atoms with Crippen molar-refractivity contribution in [3.63, 3.8) is 0 Å². The van der Waals surface area contributed by atoms with Crippen molar-refractivity contribution in [1.82, 2.24) is 0 Å². The zero-order valence-corrected chi connectivity index (χ0v) is 6.85. The van der Waals surface area contributed by atoms with Crippen LogP contribution in [0.5, 0.6) is 0 Å². The van der Waals surface area contributed by atoms with E-state index in [0.29, 0.717) is 8.70 Å². The highest BCUT2D eigenvalue weighted by Gasteiger charge is 1.39. The first kappa shape index (κ1) is 9.04. The lowest BCUT2D eigenvalue weighted by atomic mass is 27.0. The van der Waals surface area contributed by atoms with Crippen molar-refractivity contribution in [2.75, 3.05) is 0 Å².